The fraction of sp³-hybridized carbons (Fsp3) is 0.500. The molecule has 3 heteroatoms. The van der Waals surface area contributed by atoms with E-state index in [4.69, 9.17) is 16.3 Å². The highest BCUT2D eigenvalue weighted by Crippen LogP contribution is 2.36. The number of hydrogen-bond donors (Lipinski definition) is 1. The molecule has 1 saturated heterocycles. The molecule has 0 bridgehead atoms. The summed E-state index contributed by atoms with van der Waals surface area (Å²) < 4.78 is 5.66. The quantitative estimate of drug-likeness (QED) is 0.840. The summed E-state index contributed by atoms with van der Waals surface area (Å²) in [5.74, 6) is 0.227. The number of hydrogen-bond acceptors (Lipinski definition) is 2. The second kappa shape index (κ2) is 4.52. The SMILES string of the molecule is Cc1cc(Cl)ccc1C1OCCC1CO. The van der Waals surface area contributed by atoms with Crippen molar-refractivity contribution >= 4 is 11.6 Å². The molecule has 1 N–H and O–H groups in total. The second-order valence-corrected chi connectivity index (χ2v) is 4.46. The summed E-state index contributed by atoms with van der Waals surface area (Å²) in [6.45, 7) is 2.95. The standard InChI is InChI=1S/C12H15ClO2/c1-8-6-10(13)2-3-11(8)12-9(7-14)4-5-15-12/h2-3,6,9,12,14H,4-5,7H2,1H3. The van der Waals surface area contributed by atoms with Gasteiger partial charge >= 0.3 is 0 Å². The van der Waals surface area contributed by atoms with Gasteiger partial charge in [-0.25, -0.2) is 0 Å². The summed E-state index contributed by atoms with van der Waals surface area (Å²) >= 11 is 5.90. The van der Waals surface area contributed by atoms with Crippen LogP contribution in [0.15, 0.2) is 18.2 Å². The van der Waals surface area contributed by atoms with Gasteiger partial charge in [-0.05, 0) is 36.6 Å². The van der Waals surface area contributed by atoms with Crippen LogP contribution in [0.4, 0.5) is 0 Å². The predicted molar refractivity (Wildman–Crippen MR) is 60.1 cm³/mol. The molecule has 0 radical (unpaired) electrons. The van der Waals surface area contributed by atoms with Crippen LogP contribution in [0.25, 0.3) is 0 Å². The maximum atomic E-state index is 9.24. The fourth-order valence-electron chi connectivity index (χ4n) is 2.12. The van der Waals surface area contributed by atoms with E-state index in [1.165, 1.54) is 0 Å². The van der Waals surface area contributed by atoms with Crippen LogP contribution in [0.2, 0.25) is 5.02 Å². The first-order valence-electron chi connectivity index (χ1n) is 5.21. The normalized spacial score (nSPS) is 25.8. The van der Waals surface area contributed by atoms with Crippen molar-refractivity contribution in [2.45, 2.75) is 19.4 Å². The molecule has 82 valence electrons. The molecule has 1 aliphatic heterocycles. The van der Waals surface area contributed by atoms with Gasteiger partial charge in [0.15, 0.2) is 0 Å². The molecule has 0 spiro atoms. The van der Waals surface area contributed by atoms with Crippen molar-refractivity contribution in [1.29, 1.82) is 0 Å². The maximum absolute atomic E-state index is 9.24. The Morgan fingerprint density at radius 3 is 3.00 bits per heavy atom. The van der Waals surface area contributed by atoms with Crippen molar-refractivity contribution in [3.63, 3.8) is 0 Å². The van der Waals surface area contributed by atoms with E-state index in [9.17, 15) is 5.11 Å². The third-order valence-electron chi connectivity index (χ3n) is 2.99. The van der Waals surface area contributed by atoms with Gasteiger partial charge in [-0.2, -0.15) is 0 Å². The summed E-state index contributed by atoms with van der Waals surface area (Å²) in [5, 5.41) is 9.98. The Kier molecular flexibility index (Phi) is 3.29. The van der Waals surface area contributed by atoms with Crippen molar-refractivity contribution in [1.82, 2.24) is 0 Å². The Labute approximate surface area is 94.8 Å². The lowest BCUT2D eigenvalue weighted by atomic mass is 9.93. The van der Waals surface area contributed by atoms with E-state index in [1.54, 1.807) is 0 Å². The molecule has 0 aliphatic carbocycles. The molecule has 0 aromatic heterocycles. The predicted octanol–water partition coefficient (Wildman–Crippen LogP) is 2.72. The molecule has 2 atom stereocenters. The van der Waals surface area contributed by atoms with Crippen LogP contribution >= 0.6 is 11.6 Å². The third kappa shape index (κ3) is 2.17. The monoisotopic (exact) mass is 226 g/mol. The molecule has 1 aromatic rings. The van der Waals surface area contributed by atoms with Crippen LogP contribution in [0.5, 0.6) is 0 Å². The molecule has 2 unspecified atom stereocenters. The zero-order chi connectivity index (χ0) is 10.8. The Hall–Kier alpha value is -0.570. The van der Waals surface area contributed by atoms with E-state index in [-0.39, 0.29) is 18.6 Å². The van der Waals surface area contributed by atoms with Gasteiger partial charge in [-0.15, -0.1) is 0 Å². The number of aliphatic hydroxyl groups excluding tert-OH is 1. The average molecular weight is 227 g/mol. The molecule has 1 heterocycles. The smallest absolute Gasteiger partial charge is 0.0878 e. The van der Waals surface area contributed by atoms with Crippen LogP contribution in [-0.2, 0) is 4.74 Å². The van der Waals surface area contributed by atoms with Gasteiger partial charge in [0.05, 0.1) is 6.10 Å². The summed E-state index contributed by atoms with van der Waals surface area (Å²) in [6.07, 6.45) is 0.968. The van der Waals surface area contributed by atoms with Crippen LogP contribution in [-0.4, -0.2) is 18.3 Å². The minimum Gasteiger partial charge on any atom is -0.396 e. The van der Waals surface area contributed by atoms with Crippen LogP contribution in [0.1, 0.15) is 23.7 Å². The first-order chi connectivity index (χ1) is 7.22. The van der Waals surface area contributed by atoms with Gasteiger partial charge in [0, 0.05) is 24.2 Å². The van der Waals surface area contributed by atoms with Gasteiger partial charge in [0.1, 0.15) is 0 Å². The lowest BCUT2D eigenvalue weighted by Gasteiger charge is -2.18. The zero-order valence-electron chi connectivity index (χ0n) is 8.74. The minimum atomic E-state index is 0.0345. The van der Waals surface area contributed by atoms with E-state index in [1.807, 2.05) is 25.1 Å². The number of rotatable bonds is 2. The topological polar surface area (TPSA) is 29.5 Å². The Balaban J connectivity index is 2.28. The summed E-state index contributed by atoms with van der Waals surface area (Å²) in [6, 6.07) is 5.81. The Morgan fingerprint density at radius 2 is 2.33 bits per heavy atom. The molecule has 1 aromatic carbocycles. The second-order valence-electron chi connectivity index (χ2n) is 4.02. The van der Waals surface area contributed by atoms with E-state index in [2.05, 4.69) is 0 Å². The number of ether oxygens (including phenoxy) is 1. The summed E-state index contributed by atoms with van der Waals surface area (Å²) in [4.78, 5) is 0. The number of halogens is 1. The molecule has 1 aliphatic rings. The molecular formula is C12H15ClO2. The van der Waals surface area contributed by atoms with Crippen molar-refractivity contribution in [3.8, 4) is 0 Å². The highest BCUT2D eigenvalue weighted by molar-refractivity contribution is 6.30. The Bertz CT molecular complexity index is 351. The maximum Gasteiger partial charge on any atom is 0.0878 e. The highest BCUT2D eigenvalue weighted by atomic mass is 35.5. The van der Waals surface area contributed by atoms with Gasteiger partial charge in [0.2, 0.25) is 0 Å². The van der Waals surface area contributed by atoms with Crippen molar-refractivity contribution < 1.29 is 9.84 Å². The first-order valence-corrected chi connectivity index (χ1v) is 5.58. The number of benzene rings is 1. The van der Waals surface area contributed by atoms with Crippen molar-refractivity contribution in [2.75, 3.05) is 13.2 Å². The average Bonchev–Trinajstić information content (AvgIpc) is 2.65. The lowest BCUT2D eigenvalue weighted by molar-refractivity contribution is 0.0716. The fourth-order valence-corrected chi connectivity index (χ4v) is 2.35. The molecule has 2 rings (SSSR count). The van der Waals surface area contributed by atoms with Crippen LogP contribution in [0, 0.1) is 12.8 Å². The van der Waals surface area contributed by atoms with E-state index in [0.717, 1.165) is 29.2 Å². The van der Waals surface area contributed by atoms with Gasteiger partial charge in [-0.1, -0.05) is 17.7 Å². The number of aryl methyl sites for hydroxylation is 1. The molecule has 0 saturated carbocycles. The van der Waals surface area contributed by atoms with Crippen molar-refractivity contribution in [3.05, 3.63) is 34.3 Å². The van der Waals surface area contributed by atoms with E-state index >= 15 is 0 Å². The molecule has 15 heavy (non-hydrogen) atoms. The van der Waals surface area contributed by atoms with Crippen LogP contribution < -0.4 is 0 Å². The Morgan fingerprint density at radius 1 is 1.53 bits per heavy atom. The molecule has 2 nitrogen and oxygen atoms in total. The van der Waals surface area contributed by atoms with E-state index in [0.29, 0.717) is 0 Å². The molecular weight excluding hydrogens is 212 g/mol. The van der Waals surface area contributed by atoms with E-state index < -0.39 is 0 Å². The van der Waals surface area contributed by atoms with Gasteiger partial charge in [-0.3, -0.25) is 0 Å². The zero-order valence-corrected chi connectivity index (χ0v) is 9.50. The highest BCUT2D eigenvalue weighted by Gasteiger charge is 2.29. The summed E-state index contributed by atoms with van der Waals surface area (Å²) in [5.41, 5.74) is 2.28. The van der Waals surface area contributed by atoms with Crippen LogP contribution in [0.3, 0.4) is 0 Å². The van der Waals surface area contributed by atoms with Gasteiger partial charge in [0.25, 0.3) is 0 Å². The van der Waals surface area contributed by atoms with Crippen molar-refractivity contribution in [2.24, 2.45) is 5.92 Å². The third-order valence-corrected chi connectivity index (χ3v) is 3.22. The molecule has 1 fully saturated rings. The largest absolute Gasteiger partial charge is 0.396 e. The minimum absolute atomic E-state index is 0.0345. The summed E-state index contributed by atoms with van der Waals surface area (Å²) in [7, 11) is 0. The first kappa shape index (κ1) is 10.9. The van der Waals surface area contributed by atoms with Gasteiger partial charge < -0.3 is 9.84 Å². The lowest BCUT2D eigenvalue weighted by Crippen LogP contribution is -2.12. The number of aliphatic hydroxyl groups is 1. The molecule has 0 amide bonds.